The Kier molecular flexibility index (Phi) is 7.95. The molecule has 0 radical (unpaired) electrons. The van der Waals surface area contributed by atoms with Crippen molar-refractivity contribution in [2.45, 2.75) is 30.2 Å². The maximum absolute atomic E-state index is 12.6. The molecule has 1 amide bonds. The van der Waals surface area contributed by atoms with Gasteiger partial charge in [0.2, 0.25) is 15.9 Å². The highest BCUT2D eigenvalue weighted by molar-refractivity contribution is 7.89. The van der Waals surface area contributed by atoms with E-state index in [9.17, 15) is 13.2 Å². The minimum atomic E-state index is -3.46. The van der Waals surface area contributed by atoms with E-state index in [-0.39, 0.29) is 16.8 Å². The van der Waals surface area contributed by atoms with Crippen LogP contribution in [0.25, 0.3) is 6.08 Å². The van der Waals surface area contributed by atoms with E-state index in [0.29, 0.717) is 0 Å². The van der Waals surface area contributed by atoms with Crippen LogP contribution >= 0.6 is 0 Å². The van der Waals surface area contributed by atoms with Gasteiger partial charge < -0.3 is 9.80 Å². The van der Waals surface area contributed by atoms with E-state index >= 15 is 0 Å². The molecule has 8 heteroatoms. The first kappa shape index (κ1) is 23.1. The molecular formula is C23H30N4O3S. The molecule has 0 spiro atoms. The van der Waals surface area contributed by atoms with Crippen LogP contribution in [0.2, 0.25) is 0 Å². The van der Waals surface area contributed by atoms with Gasteiger partial charge in [-0.05, 0) is 55.8 Å². The number of piperidine rings is 1. The summed E-state index contributed by atoms with van der Waals surface area (Å²) in [6.45, 7) is 2.93. The van der Waals surface area contributed by atoms with Crippen LogP contribution in [0.15, 0.2) is 59.6 Å². The van der Waals surface area contributed by atoms with Crippen molar-refractivity contribution in [2.24, 2.45) is 0 Å². The van der Waals surface area contributed by atoms with Crippen LogP contribution in [0, 0.1) is 0 Å². The van der Waals surface area contributed by atoms with Gasteiger partial charge in [0, 0.05) is 57.1 Å². The van der Waals surface area contributed by atoms with Crippen LogP contribution in [-0.2, 0) is 21.2 Å². The fourth-order valence-electron chi connectivity index (χ4n) is 3.69. The summed E-state index contributed by atoms with van der Waals surface area (Å²) in [5.74, 6) is -0.0427. The highest BCUT2D eigenvalue weighted by Crippen LogP contribution is 2.17. The number of pyridine rings is 1. The predicted octanol–water partition coefficient (Wildman–Crippen LogP) is 2.17. The lowest BCUT2D eigenvalue weighted by atomic mass is 10.0. The Morgan fingerprint density at radius 3 is 2.52 bits per heavy atom. The minimum Gasteiger partial charge on any atom is -0.339 e. The third-order valence-electron chi connectivity index (χ3n) is 5.74. The third kappa shape index (κ3) is 6.46. The molecule has 0 aliphatic carbocycles. The van der Waals surface area contributed by atoms with E-state index in [1.54, 1.807) is 24.3 Å². The van der Waals surface area contributed by atoms with Gasteiger partial charge in [-0.1, -0.05) is 18.2 Å². The number of nitrogens with one attached hydrogen (secondary N) is 1. The first-order valence-electron chi connectivity index (χ1n) is 10.5. The quantitative estimate of drug-likeness (QED) is 0.634. The van der Waals surface area contributed by atoms with Gasteiger partial charge in [0.05, 0.1) is 4.90 Å². The van der Waals surface area contributed by atoms with Gasteiger partial charge >= 0.3 is 0 Å². The molecule has 3 rings (SSSR count). The monoisotopic (exact) mass is 442 g/mol. The number of rotatable bonds is 8. The molecular weight excluding hydrogens is 412 g/mol. The molecule has 1 aromatic heterocycles. The van der Waals surface area contributed by atoms with Crippen LogP contribution in [0.4, 0.5) is 0 Å². The fraction of sp³-hybridized carbons (Fsp3) is 0.391. The number of carbonyl (C=O) groups excluding carboxylic acids is 1. The second-order valence-electron chi connectivity index (χ2n) is 7.70. The number of likely N-dealkylation sites (N-methyl/N-ethyl adjacent to an activating group) is 1. The summed E-state index contributed by atoms with van der Waals surface area (Å²) in [5.41, 5.74) is 1.89. The molecule has 1 saturated heterocycles. The Morgan fingerprint density at radius 2 is 1.90 bits per heavy atom. The van der Waals surface area contributed by atoms with Gasteiger partial charge in [-0.25, -0.2) is 13.1 Å². The standard InChI is InChI=1S/C23H30N4O3S/c1-24-31(29,30)22-9-6-19(7-10-22)8-11-23(28)26(2)21-13-17-27(18-14-21)16-12-20-5-3-4-15-25-20/h3-11,15,21,24H,12-14,16-18H2,1-2H3/b11-8+. The maximum atomic E-state index is 12.6. The zero-order valence-corrected chi connectivity index (χ0v) is 18.9. The van der Waals surface area contributed by atoms with E-state index in [4.69, 9.17) is 0 Å². The van der Waals surface area contributed by atoms with Gasteiger partial charge in [0.1, 0.15) is 0 Å². The van der Waals surface area contributed by atoms with Crippen LogP contribution < -0.4 is 4.72 Å². The Bertz CT molecular complexity index is 983. The Labute approximate surface area is 184 Å². The van der Waals surface area contributed by atoms with Gasteiger partial charge in [-0.2, -0.15) is 0 Å². The summed E-state index contributed by atoms with van der Waals surface area (Å²) in [7, 11) is -0.227. The molecule has 31 heavy (non-hydrogen) atoms. The second-order valence-corrected chi connectivity index (χ2v) is 9.59. The van der Waals surface area contributed by atoms with Gasteiger partial charge in [0.25, 0.3) is 0 Å². The smallest absolute Gasteiger partial charge is 0.246 e. The highest BCUT2D eigenvalue weighted by Gasteiger charge is 2.24. The molecule has 1 N–H and O–H groups in total. The number of aromatic nitrogens is 1. The van der Waals surface area contributed by atoms with E-state index in [2.05, 4.69) is 20.7 Å². The minimum absolute atomic E-state index is 0.0427. The maximum Gasteiger partial charge on any atom is 0.246 e. The molecule has 1 fully saturated rings. The Morgan fingerprint density at radius 1 is 1.19 bits per heavy atom. The average molecular weight is 443 g/mol. The molecule has 0 unspecified atom stereocenters. The number of hydrogen-bond donors (Lipinski definition) is 1. The molecule has 0 atom stereocenters. The third-order valence-corrected chi connectivity index (χ3v) is 7.17. The fourth-order valence-corrected chi connectivity index (χ4v) is 4.42. The lowest BCUT2D eigenvalue weighted by Crippen LogP contribution is -2.45. The van der Waals surface area contributed by atoms with Crippen molar-refractivity contribution in [3.05, 3.63) is 66.0 Å². The second kappa shape index (κ2) is 10.7. The van der Waals surface area contributed by atoms with Crippen molar-refractivity contribution >= 4 is 22.0 Å². The summed E-state index contributed by atoms with van der Waals surface area (Å²) in [5, 5.41) is 0. The molecule has 1 aromatic carbocycles. The van der Waals surface area contributed by atoms with E-state index in [1.165, 1.54) is 19.2 Å². The Balaban J connectivity index is 1.47. The number of sulfonamides is 1. The highest BCUT2D eigenvalue weighted by atomic mass is 32.2. The van der Waals surface area contributed by atoms with Crippen molar-refractivity contribution in [1.29, 1.82) is 0 Å². The molecule has 0 saturated carbocycles. The summed E-state index contributed by atoms with van der Waals surface area (Å²) >= 11 is 0. The molecule has 1 aliphatic rings. The lowest BCUT2D eigenvalue weighted by Gasteiger charge is -2.36. The molecule has 7 nitrogen and oxygen atoms in total. The van der Waals surface area contributed by atoms with Gasteiger partial charge in [0.15, 0.2) is 0 Å². The van der Waals surface area contributed by atoms with Crippen molar-refractivity contribution < 1.29 is 13.2 Å². The lowest BCUT2D eigenvalue weighted by molar-refractivity contribution is -0.127. The van der Waals surface area contributed by atoms with Crippen molar-refractivity contribution in [3.8, 4) is 0 Å². The summed E-state index contributed by atoms with van der Waals surface area (Å²) < 4.78 is 25.8. The molecule has 2 aromatic rings. The van der Waals surface area contributed by atoms with Gasteiger partial charge in [-0.3, -0.25) is 9.78 Å². The van der Waals surface area contributed by atoms with Crippen molar-refractivity contribution in [2.75, 3.05) is 33.7 Å². The zero-order valence-electron chi connectivity index (χ0n) is 18.1. The number of likely N-dealkylation sites (tertiary alicyclic amines) is 1. The van der Waals surface area contributed by atoms with E-state index < -0.39 is 10.0 Å². The number of benzene rings is 1. The van der Waals surface area contributed by atoms with Crippen LogP contribution in [0.5, 0.6) is 0 Å². The predicted molar refractivity (Wildman–Crippen MR) is 122 cm³/mol. The van der Waals surface area contributed by atoms with Crippen molar-refractivity contribution in [1.82, 2.24) is 19.5 Å². The topological polar surface area (TPSA) is 82.6 Å². The van der Waals surface area contributed by atoms with Crippen LogP contribution in [-0.4, -0.2) is 68.9 Å². The number of amides is 1. The molecule has 166 valence electrons. The average Bonchev–Trinajstić information content (AvgIpc) is 2.82. The van der Waals surface area contributed by atoms with Gasteiger partial charge in [-0.15, -0.1) is 0 Å². The van der Waals surface area contributed by atoms with E-state index in [1.807, 2.05) is 30.3 Å². The van der Waals surface area contributed by atoms with Crippen molar-refractivity contribution in [3.63, 3.8) is 0 Å². The first-order chi connectivity index (χ1) is 14.9. The van der Waals surface area contributed by atoms with E-state index in [0.717, 1.165) is 50.2 Å². The molecule has 1 aliphatic heterocycles. The van der Waals surface area contributed by atoms with Crippen LogP contribution in [0.3, 0.4) is 0 Å². The number of carbonyl (C=O) groups is 1. The Hall–Kier alpha value is -2.55. The first-order valence-corrected chi connectivity index (χ1v) is 12.0. The number of nitrogens with zero attached hydrogens (tertiary/aromatic N) is 3. The number of hydrogen-bond acceptors (Lipinski definition) is 5. The summed E-state index contributed by atoms with van der Waals surface area (Å²) in [6.07, 6.45) is 7.95. The summed E-state index contributed by atoms with van der Waals surface area (Å²) in [4.78, 5) is 21.4. The SMILES string of the molecule is CNS(=O)(=O)c1ccc(/C=C/C(=O)N(C)C2CCN(CCc3ccccn3)CC2)cc1. The zero-order chi connectivity index (χ0) is 22.3. The molecule has 2 heterocycles. The normalized spacial score (nSPS) is 15.9. The largest absolute Gasteiger partial charge is 0.339 e. The summed E-state index contributed by atoms with van der Waals surface area (Å²) in [6, 6.07) is 12.7. The van der Waals surface area contributed by atoms with Crippen LogP contribution in [0.1, 0.15) is 24.1 Å². The molecule has 0 bridgehead atoms.